The average Bonchev–Trinajstić information content (AvgIpc) is 2.85. The summed E-state index contributed by atoms with van der Waals surface area (Å²) in [7, 11) is 1.29. The molecule has 2 aromatic heterocycles. The molecule has 0 atom stereocenters. The molecule has 0 bridgehead atoms. The minimum absolute atomic E-state index is 0.139. The molecule has 0 fully saturated rings. The number of ether oxygens (including phenoxy) is 2. The molecule has 0 aromatic carbocycles. The lowest BCUT2D eigenvalue weighted by molar-refractivity contribution is 0.0561. The highest BCUT2D eigenvalue weighted by Gasteiger charge is 2.11. The zero-order valence-corrected chi connectivity index (χ0v) is 9.12. The van der Waals surface area contributed by atoms with E-state index in [2.05, 4.69) is 14.7 Å². The summed E-state index contributed by atoms with van der Waals surface area (Å²) in [6.45, 7) is 0.154. The number of hydrogen-bond acceptors (Lipinski definition) is 6. The topological polar surface area (TPSA) is 74.5 Å². The van der Waals surface area contributed by atoms with E-state index in [0.29, 0.717) is 5.76 Å². The van der Waals surface area contributed by atoms with E-state index in [9.17, 15) is 4.79 Å². The fourth-order valence-electron chi connectivity index (χ4n) is 1.16. The first kappa shape index (κ1) is 11.1. The van der Waals surface area contributed by atoms with Crippen LogP contribution in [0.3, 0.4) is 0 Å². The Morgan fingerprint density at radius 1 is 1.35 bits per heavy atom. The van der Waals surface area contributed by atoms with Crippen molar-refractivity contribution in [1.29, 1.82) is 0 Å². The van der Waals surface area contributed by atoms with Crippen molar-refractivity contribution in [1.82, 2.24) is 9.97 Å². The number of esters is 1. The van der Waals surface area contributed by atoms with Gasteiger partial charge in [0.05, 0.1) is 7.11 Å². The van der Waals surface area contributed by atoms with Crippen molar-refractivity contribution in [3.8, 4) is 6.01 Å². The molecule has 6 nitrogen and oxygen atoms in total. The van der Waals surface area contributed by atoms with Gasteiger partial charge in [-0.15, -0.1) is 0 Å². The van der Waals surface area contributed by atoms with Crippen LogP contribution in [0.25, 0.3) is 0 Å². The Morgan fingerprint density at radius 2 is 2.12 bits per heavy atom. The van der Waals surface area contributed by atoms with E-state index in [1.54, 1.807) is 24.5 Å². The van der Waals surface area contributed by atoms with E-state index in [4.69, 9.17) is 9.15 Å². The molecule has 0 saturated carbocycles. The first-order chi connectivity index (χ1) is 8.29. The maximum atomic E-state index is 11.1. The quantitative estimate of drug-likeness (QED) is 0.745. The highest BCUT2D eigenvalue weighted by atomic mass is 16.5. The lowest BCUT2D eigenvalue weighted by Gasteiger charge is -2.00. The molecule has 2 aromatic rings. The standard InChI is InChI=1S/C11H10N2O4/c1-15-10(14)9-4-3-8(17-9)7-16-11-12-5-2-6-13-11/h2-6H,7H2,1H3. The van der Waals surface area contributed by atoms with Crippen molar-refractivity contribution >= 4 is 5.97 Å². The van der Waals surface area contributed by atoms with Gasteiger partial charge in [-0.3, -0.25) is 0 Å². The Balaban J connectivity index is 1.96. The van der Waals surface area contributed by atoms with Crippen LogP contribution in [0.4, 0.5) is 0 Å². The summed E-state index contributed by atoms with van der Waals surface area (Å²) < 4.78 is 15.0. The van der Waals surface area contributed by atoms with Crippen LogP contribution in [0, 0.1) is 0 Å². The third-order valence-electron chi connectivity index (χ3n) is 1.93. The molecule has 0 saturated heterocycles. The molecular formula is C11H10N2O4. The summed E-state index contributed by atoms with van der Waals surface area (Å²) in [5, 5.41) is 0. The monoisotopic (exact) mass is 234 g/mol. The molecule has 6 heteroatoms. The van der Waals surface area contributed by atoms with Crippen LogP contribution in [0.15, 0.2) is 35.0 Å². The van der Waals surface area contributed by atoms with Gasteiger partial charge >= 0.3 is 12.0 Å². The Kier molecular flexibility index (Phi) is 3.34. The van der Waals surface area contributed by atoms with Gasteiger partial charge in [-0.2, -0.15) is 0 Å². The van der Waals surface area contributed by atoms with Crippen LogP contribution in [0.1, 0.15) is 16.3 Å². The normalized spacial score (nSPS) is 9.94. The zero-order valence-electron chi connectivity index (χ0n) is 9.12. The molecule has 0 unspecified atom stereocenters. The second kappa shape index (κ2) is 5.11. The molecule has 0 radical (unpaired) electrons. The Hall–Kier alpha value is -2.37. The summed E-state index contributed by atoms with van der Waals surface area (Å²) in [6.07, 6.45) is 3.15. The molecule has 0 aliphatic heterocycles. The van der Waals surface area contributed by atoms with Crippen LogP contribution in [0.5, 0.6) is 6.01 Å². The maximum absolute atomic E-state index is 11.1. The second-order valence-corrected chi connectivity index (χ2v) is 3.08. The predicted molar refractivity (Wildman–Crippen MR) is 56.4 cm³/mol. The molecule has 17 heavy (non-hydrogen) atoms. The third kappa shape index (κ3) is 2.81. The molecule has 2 rings (SSSR count). The molecule has 0 aliphatic carbocycles. The van der Waals surface area contributed by atoms with Crippen molar-refractivity contribution in [2.75, 3.05) is 7.11 Å². The molecular weight excluding hydrogens is 224 g/mol. The Labute approximate surface area is 97.2 Å². The SMILES string of the molecule is COC(=O)c1ccc(COc2ncccn2)o1. The minimum Gasteiger partial charge on any atom is -0.463 e. The summed E-state index contributed by atoms with van der Waals surface area (Å²) in [4.78, 5) is 18.9. The van der Waals surface area contributed by atoms with Gasteiger partial charge in [-0.05, 0) is 18.2 Å². The van der Waals surface area contributed by atoms with Gasteiger partial charge in [-0.25, -0.2) is 14.8 Å². The highest BCUT2D eigenvalue weighted by Crippen LogP contribution is 2.11. The highest BCUT2D eigenvalue weighted by molar-refractivity contribution is 5.86. The summed E-state index contributed by atoms with van der Waals surface area (Å²) in [5.74, 6) is 0.116. The van der Waals surface area contributed by atoms with Crippen LogP contribution >= 0.6 is 0 Å². The van der Waals surface area contributed by atoms with Crippen LogP contribution in [-0.2, 0) is 11.3 Å². The van der Waals surface area contributed by atoms with Gasteiger partial charge in [0.15, 0.2) is 0 Å². The number of carbonyl (C=O) groups is 1. The van der Waals surface area contributed by atoms with E-state index in [-0.39, 0.29) is 18.4 Å². The van der Waals surface area contributed by atoms with Crippen molar-refractivity contribution < 1.29 is 18.7 Å². The van der Waals surface area contributed by atoms with Gasteiger partial charge < -0.3 is 13.9 Å². The summed E-state index contributed by atoms with van der Waals surface area (Å²) >= 11 is 0. The average molecular weight is 234 g/mol. The van der Waals surface area contributed by atoms with Gasteiger partial charge in [0.2, 0.25) is 5.76 Å². The van der Waals surface area contributed by atoms with Crippen LogP contribution in [0.2, 0.25) is 0 Å². The Bertz CT molecular complexity index is 495. The van der Waals surface area contributed by atoms with E-state index in [1.807, 2.05) is 0 Å². The van der Waals surface area contributed by atoms with E-state index >= 15 is 0 Å². The fourth-order valence-corrected chi connectivity index (χ4v) is 1.16. The molecule has 0 N–H and O–H groups in total. The number of hydrogen-bond donors (Lipinski definition) is 0. The molecule has 0 aliphatic rings. The van der Waals surface area contributed by atoms with Gasteiger partial charge in [0.1, 0.15) is 12.4 Å². The van der Waals surface area contributed by atoms with Crippen molar-refractivity contribution in [3.63, 3.8) is 0 Å². The van der Waals surface area contributed by atoms with E-state index in [0.717, 1.165) is 0 Å². The molecule has 0 amide bonds. The van der Waals surface area contributed by atoms with E-state index < -0.39 is 5.97 Å². The lowest BCUT2D eigenvalue weighted by atomic mass is 10.4. The molecule has 88 valence electrons. The lowest BCUT2D eigenvalue weighted by Crippen LogP contribution is -1.99. The van der Waals surface area contributed by atoms with Crippen LogP contribution in [-0.4, -0.2) is 23.0 Å². The first-order valence-corrected chi connectivity index (χ1v) is 4.86. The Morgan fingerprint density at radius 3 is 2.82 bits per heavy atom. The first-order valence-electron chi connectivity index (χ1n) is 4.86. The number of aromatic nitrogens is 2. The number of carbonyl (C=O) groups excluding carboxylic acids is 1. The molecule has 2 heterocycles. The number of nitrogens with zero attached hydrogens (tertiary/aromatic N) is 2. The third-order valence-corrected chi connectivity index (χ3v) is 1.93. The number of rotatable bonds is 4. The largest absolute Gasteiger partial charge is 0.463 e. The second-order valence-electron chi connectivity index (χ2n) is 3.08. The van der Waals surface area contributed by atoms with Crippen molar-refractivity contribution in [2.24, 2.45) is 0 Å². The fraction of sp³-hybridized carbons (Fsp3) is 0.182. The van der Waals surface area contributed by atoms with E-state index in [1.165, 1.54) is 13.2 Å². The van der Waals surface area contributed by atoms with Crippen molar-refractivity contribution in [3.05, 3.63) is 42.1 Å². The van der Waals surface area contributed by atoms with Crippen molar-refractivity contribution in [2.45, 2.75) is 6.61 Å². The van der Waals surface area contributed by atoms with Crippen LogP contribution < -0.4 is 4.74 Å². The van der Waals surface area contributed by atoms with Gasteiger partial charge in [0.25, 0.3) is 0 Å². The summed E-state index contributed by atoms with van der Waals surface area (Å²) in [6, 6.07) is 5.10. The minimum atomic E-state index is -0.521. The maximum Gasteiger partial charge on any atom is 0.373 e. The van der Waals surface area contributed by atoms with Gasteiger partial charge in [0, 0.05) is 12.4 Å². The predicted octanol–water partition coefficient (Wildman–Crippen LogP) is 1.44. The summed E-state index contributed by atoms with van der Waals surface area (Å²) in [5.41, 5.74) is 0. The number of furan rings is 1. The van der Waals surface area contributed by atoms with Gasteiger partial charge in [-0.1, -0.05) is 0 Å². The smallest absolute Gasteiger partial charge is 0.373 e. The molecule has 0 spiro atoms. The zero-order chi connectivity index (χ0) is 12.1. The number of methoxy groups -OCH3 is 1.